The number of hydrogen-bond acceptors (Lipinski definition) is 2. The van der Waals surface area contributed by atoms with Crippen LogP contribution in [0.3, 0.4) is 0 Å². The quantitative estimate of drug-likeness (QED) is 0.895. The Hall–Kier alpha value is -2.08. The van der Waals surface area contributed by atoms with Gasteiger partial charge in [-0.25, -0.2) is 0 Å². The molecule has 1 aromatic heterocycles. The van der Waals surface area contributed by atoms with Gasteiger partial charge in [0.05, 0.1) is 5.92 Å². The molecule has 2 heterocycles. The maximum absolute atomic E-state index is 12.7. The summed E-state index contributed by atoms with van der Waals surface area (Å²) in [5, 5.41) is 9.07. The first-order valence-corrected chi connectivity index (χ1v) is 8.20. The van der Waals surface area contributed by atoms with Crippen molar-refractivity contribution >= 4 is 27.8 Å². The fourth-order valence-corrected chi connectivity index (χ4v) is 3.37. The molecule has 2 aromatic rings. The van der Waals surface area contributed by atoms with Gasteiger partial charge >= 0.3 is 5.97 Å². The average Bonchev–Trinajstić information content (AvgIpc) is 3.13. The van der Waals surface area contributed by atoms with E-state index in [1.165, 1.54) is 0 Å². The van der Waals surface area contributed by atoms with Crippen LogP contribution in [0.5, 0.6) is 0 Å². The summed E-state index contributed by atoms with van der Waals surface area (Å²) in [6.07, 6.45) is 0.518. The van der Waals surface area contributed by atoms with Crippen molar-refractivity contribution in [3.05, 3.63) is 46.6 Å². The van der Waals surface area contributed by atoms with Crippen LogP contribution < -0.4 is 0 Å². The first kappa shape index (κ1) is 15.8. The minimum Gasteiger partial charge on any atom is -0.481 e. The normalized spacial score (nSPS) is 17.5. The molecule has 120 valence electrons. The zero-order chi connectivity index (χ0) is 16.6. The van der Waals surface area contributed by atoms with E-state index in [1.54, 1.807) is 11.0 Å². The van der Waals surface area contributed by atoms with E-state index in [9.17, 15) is 9.59 Å². The number of halogens is 1. The summed E-state index contributed by atoms with van der Waals surface area (Å²) in [7, 11) is 1.86. The summed E-state index contributed by atoms with van der Waals surface area (Å²) in [4.78, 5) is 25.3. The summed E-state index contributed by atoms with van der Waals surface area (Å²) in [6.45, 7) is 0.777. The van der Waals surface area contributed by atoms with E-state index in [4.69, 9.17) is 5.11 Å². The highest BCUT2D eigenvalue weighted by Gasteiger charge is 2.32. The van der Waals surface area contributed by atoms with Crippen molar-refractivity contribution in [3.8, 4) is 11.3 Å². The molecule has 0 aliphatic carbocycles. The Morgan fingerprint density at radius 2 is 2.04 bits per heavy atom. The van der Waals surface area contributed by atoms with E-state index in [1.807, 2.05) is 41.9 Å². The van der Waals surface area contributed by atoms with E-state index in [2.05, 4.69) is 15.9 Å². The molecule has 5 nitrogen and oxygen atoms in total. The number of nitrogens with zero attached hydrogens (tertiary/aromatic N) is 2. The molecule has 1 aromatic carbocycles. The molecule has 1 amide bonds. The Labute approximate surface area is 142 Å². The van der Waals surface area contributed by atoms with Gasteiger partial charge in [0.15, 0.2) is 0 Å². The second-order valence-electron chi connectivity index (χ2n) is 5.75. The van der Waals surface area contributed by atoms with Crippen LogP contribution in [0.2, 0.25) is 0 Å². The van der Waals surface area contributed by atoms with Gasteiger partial charge in [-0.2, -0.15) is 0 Å². The molecule has 6 heteroatoms. The molecule has 1 aliphatic rings. The number of carboxylic acid groups (broad SMARTS) is 1. The summed E-state index contributed by atoms with van der Waals surface area (Å²) in [6, 6.07) is 11.6. The molecular formula is C17H17BrN2O3. The zero-order valence-electron chi connectivity index (χ0n) is 12.7. The molecule has 1 fully saturated rings. The molecule has 1 N–H and O–H groups in total. The van der Waals surface area contributed by atoms with Crippen molar-refractivity contribution in [3.63, 3.8) is 0 Å². The summed E-state index contributed by atoms with van der Waals surface area (Å²) >= 11 is 3.45. The SMILES string of the molecule is Cn1c(C(=O)N2CC[C@H](C(=O)O)C2)ccc1-c1cccc(Br)c1. The highest BCUT2D eigenvalue weighted by molar-refractivity contribution is 9.10. The standard InChI is InChI=1S/C17H17BrN2O3/c1-19-14(11-3-2-4-13(18)9-11)5-6-15(19)16(21)20-8-7-12(10-20)17(22)23/h2-6,9,12H,7-8,10H2,1H3,(H,22,23)/t12-/m0/s1. The van der Waals surface area contributed by atoms with Crippen LogP contribution in [0.25, 0.3) is 11.3 Å². The maximum Gasteiger partial charge on any atom is 0.308 e. The lowest BCUT2D eigenvalue weighted by Crippen LogP contribution is -2.31. The largest absolute Gasteiger partial charge is 0.481 e. The fourth-order valence-electron chi connectivity index (χ4n) is 2.97. The topological polar surface area (TPSA) is 62.5 Å². The number of carboxylic acids is 1. The first-order valence-electron chi connectivity index (χ1n) is 7.41. The van der Waals surface area contributed by atoms with Crippen LogP contribution in [0.1, 0.15) is 16.9 Å². The number of rotatable bonds is 3. The van der Waals surface area contributed by atoms with Crippen LogP contribution in [0.15, 0.2) is 40.9 Å². The van der Waals surface area contributed by atoms with E-state index in [-0.39, 0.29) is 12.5 Å². The highest BCUT2D eigenvalue weighted by Crippen LogP contribution is 2.26. The van der Waals surface area contributed by atoms with Gasteiger partial charge in [0.2, 0.25) is 0 Å². The number of carbonyl (C=O) groups is 2. The second-order valence-corrected chi connectivity index (χ2v) is 6.66. The van der Waals surface area contributed by atoms with Gasteiger partial charge in [-0.3, -0.25) is 9.59 Å². The molecule has 0 radical (unpaired) electrons. The Bertz CT molecular complexity index is 769. The monoisotopic (exact) mass is 376 g/mol. The van der Waals surface area contributed by atoms with Gasteiger partial charge in [0.25, 0.3) is 5.91 Å². The van der Waals surface area contributed by atoms with Crippen LogP contribution >= 0.6 is 15.9 Å². The molecule has 3 rings (SSSR count). The maximum atomic E-state index is 12.7. The van der Waals surface area contributed by atoms with Crippen LogP contribution in [0, 0.1) is 5.92 Å². The lowest BCUT2D eigenvalue weighted by molar-refractivity contribution is -0.141. The average molecular weight is 377 g/mol. The van der Waals surface area contributed by atoms with Gasteiger partial charge in [-0.1, -0.05) is 28.1 Å². The van der Waals surface area contributed by atoms with Crippen LogP contribution in [0.4, 0.5) is 0 Å². The zero-order valence-corrected chi connectivity index (χ0v) is 14.3. The first-order chi connectivity index (χ1) is 11.0. The van der Waals surface area contributed by atoms with Crippen LogP contribution in [-0.2, 0) is 11.8 Å². The van der Waals surface area contributed by atoms with E-state index < -0.39 is 11.9 Å². The number of aliphatic carboxylic acids is 1. The third-order valence-corrected chi connectivity index (χ3v) is 4.78. The van der Waals surface area contributed by atoms with Crippen molar-refractivity contribution in [2.75, 3.05) is 13.1 Å². The molecule has 0 saturated carbocycles. The second kappa shape index (κ2) is 6.20. The fraction of sp³-hybridized carbons (Fsp3) is 0.294. The summed E-state index contributed by atoms with van der Waals surface area (Å²) in [5.41, 5.74) is 2.54. The molecule has 0 spiro atoms. The Kier molecular flexibility index (Phi) is 4.26. The third kappa shape index (κ3) is 3.03. The van der Waals surface area contributed by atoms with Crippen molar-refractivity contribution in [1.82, 2.24) is 9.47 Å². The smallest absolute Gasteiger partial charge is 0.308 e. The van der Waals surface area contributed by atoms with Crippen molar-refractivity contribution in [2.45, 2.75) is 6.42 Å². The summed E-state index contributed by atoms with van der Waals surface area (Å²) in [5.74, 6) is -1.40. The number of aromatic nitrogens is 1. The molecule has 0 unspecified atom stereocenters. The molecule has 0 bridgehead atoms. The molecule has 1 atom stereocenters. The van der Waals surface area contributed by atoms with Crippen molar-refractivity contribution < 1.29 is 14.7 Å². The van der Waals surface area contributed by atoms with Gasteiger partial charge in [0.1, 0.15) is 5.69 Å². The molecular weight excluding hydrogens is 360 g/mol. The van der Waals surface area contributed by atoms with E-state index in [0.717, 1.165) is 15.7 Å². The lowest BCUT2D eigenvalue weighted by Gasteiger charge is -2.17. The van der Waals surface area contributed by atoms with Gasteiger partial charge < -0.3 is 14.6 Å². The minimum absolute atomic E-state index is 0.113. The van der Waals surface area contributed by atoms with Gasteiger partial charge in [-0.15, -0.1) is 0 Å². The summed E-state index contributed by atoms with van der Waals surface area (Å²) < 4.78 is 2.84. The minimum atomic E-state index is -0.831. The number of hydrogen-bond donors (Lipinski definition) is 1. The highest BCUT2D eigenvalue weighted by atomic mass is 79.9. The number of amides is 1. The Balaban J connectivity index is 1.85. The Morgan fingerprint density at radius 1 is 1.26 bits per heavy atom. The number of likely N-dealkylation sites (tertiary alicyclic amines) is 1. The van der Waals surface area contributed by atoms with Gasteiger partial charge in [-0.05, 0) is 36.2 Å². The molecule has 1 aliphatic heterocycles. The predicted molar refractivity (Wildman–Crippen MR) is 90.2 cm³/mol. The number of benzene rings is 1. The van der Waals surface area contributed by atoms with E-state index >= 15 is 0 Å². The van der Waals surface area contributed by atoms with Crippen LogP contribution in [-0.4, -0.2) is 39.5 Å². The predicted octanol–water partition coefficient (Wildman–Crippen LogP) is 3.00. The van der Waals surface area contributed by atoms with E-state index in [0.29, 0.717) is 18.7 Å². The van der Waals surface area contributed by atoms with Crippen molar-refractivity contribution in [1.29, 1.82) is 0 Å². The van der Waals surface area contributed by atoms with Gasteiger partial charge in [0, 0.05) is 30.3 Å². The number of carbonyl (C=O) groups excluding carboxylic acids is 1. The lowest BCUT2D eigenvalue weighted by atomic mass is 10.1. The third-order valence-electron chi connectivity index (χ3n) is 4.29. The molecule has 1 saturated heterocycles. The van der Waals surface area contributed by atoms with Crippen molar-refractivity contribution in [2.24, 2.45) is 13.0 Å². The Morgan fingerprint density at radius 3 is 2.70 bits per heavy atom. The molecule has 23 heavy (non-hydrogen) atoms.